The maximum Gasteiger partial charge on any atom is 0.124 e. The van der Waals surface area contributed by atoms with Crippen LogP contribution in [0.2, 0.25) is 0 Å². The van der Waals surface area contributed by atoms with Crippen LogP contribution in [-0.2, 0) is 0 Å². The number of aromatic hydroxyl groups is 2. The first-order valence-electron chi connectivity index (χ1n) is 19.5. The van der Waals surface area contributed by atoms with Crippen LogP contribution in [0, 0.1) is 0 Å². The fourth-order valence-corrected chi connectivity index (χ4v) is 8.05. The zero-order chi connectivity index (χ0) is 37.8. The highest BCUT2D eigenvalue weighted by atomic mass is 16.3. The lowest BCUT2D eigenvalue weighted by molar-refractivity contribution is 0.470. The van der Waals surface area contributed by atoms with Gasteiger partial charge in [0.25, 0.3) is 0 Å². The third-order valence-corrected chi connectivity index (χ3v) is 11.1. The molecule has 0 fully saturated rings. The van der Waals surface area contributed by atoms with Gasteiger partial charge in [-0.1, -0.05) is 144 Å². The van der Waals surface area contributed by atoms with Crippen molar-refractivity contribution in [3.63, 3.8) is 0 Å². The van der Waals surface area contributed by atoms with Crippen LogP contribution in [0.25, 0.3) is 54.9 Å². The number of fused-ring (bicyclic) bond motifs is 2. The van der Waals surface area contributed by atoms with Gasteiger partial charge in [-0.15, -0.1) is 0 Å². The smallest absolute Gasteiger partial charge is 0.124 e. The molecule has 0 bridgehead atoms. The van der Waals surface area contributed by atoms with Crippen molar-refractivity contribution in [2.24, 2.45) is 0 Å². The van der Waals surface area contributed by atoms with E-state index in [1.807, 2.05) is 12.1 Å². The molecule has 0 radical (unpaired) electrons. The maximum absolute atomic E-state index is 11.5. The molecule has 52 heavy (non-hydrogen) atoms. The summed E-state index contributed by atoms with van der Waals surface area (Å²) in [4.78, 5) is 0. The molecule has 6 aromatic rings. The molecule has 2 N–H and O–H groups in total. The zero-order valence-corrected chi connectivity index (χ0v) is 33.4. The molecule has 0 spiro atoms. The van der Waals surface area contributed by atoms with Gasteiger partial charge in [-0.3, -0.25) is 0 Å². The van der Waals surface area contributed by atoms with E-state index in [0.717, 1.165) is 21.5 Å². The molecule has 0 saturated heterocycles. The van der Waals surface area contributed by atoms with Gasteiger partial charge in [0, 0.05) is 11.1 Å². The first kappa shape index (κ1) is 37.2. The van der Waals surface area contributed by atoms with Gasteiger partial charge in [0.2, 0.25) is 0 Å². The van der Waals surface area contributed by atoms with E-state index in [9.17, 15) is 10.2 Å². The second-order valence-corrected chi connectivity index (χ2v) is 16.9. The highest BCUT2D eigenvalue weighted by Crippen LogP contribution is 2.48. The van der Waals surface area contributed by atoms with E-state index in [2.05, 4.69) is 144 Å². The molecule has 2 nitrogen and oxygen atoms in total. The molecule has 2 heteroatoms. The second kappa shape index (κ2) is 14.5. The van der Waals surface area contributed by atoms with Crippen molar-refractivity contribution in [2.75, 3.05) is 0 Å². The molecule has 0 aliphatic heterocycles. The third kappa shape index (κ3) is 6.73. The Balaban J connectivity index is 1.56. The summed E-state index contributed by atoms with van der Waals surface area (Å²) in [6.07, 6.45) is 0. The second-order valence-electron chi connectivity index (χ2n) is 16.9. The normalized spacial score (nSPS) is 12.3. The lowest BCUT2D eigenvalue weighted by Gasteiger charge is -2.24. The van der Waals surface area contributed by atoms with Crippen LogP contribution >= 0.6 is 0 Å². The monoisotopic (exact) mass is 690 g/mol. The maximum atomic E-state index is 11.5. The summed E-state index contributed by atoms with van der Waals surface area (Å²) in [6.45, 7) is 27.4. The summed E-state index contributed by atoms with van der Waals surface area (Å²) in [5, 5.41) is 27.0. The summed E-state index contributed by atoms with van der Waals surface area (Å²) in [5.74, 6) is 2.71. The minimum absolute atomic E-state index is 0.160. The minimum atomic E-state index is 0.160. The first-order chi connectivity index (χ1) is 24.6. The van der Waals surface area contributed by atoms with Crippen molar-refractivity contribution in [1.82, 2.24) is 0 Å². The standard InChI is InChI=1S/C50H58O2/c1-27(2)37-23-41(29(5)6)47(42(24-37)30(7)8)35-13-17-39-33(21-35)15-19-45(51)49(39)50-40-18-14-36(22-34(40)16-20-46(50)52)48-43(31(9)10)25-38(28(3)4)26-44(48)32(11)12/h13-32,51-52H,1-12H3. The quantitative estimate of drug-likeness (QED) is 0.159. The molecule has 0 atom stereocenters. The van der Waals surface area contributed by atoms with Crippen LogP contribution in [0.4, 0.5) is 0 Å². The predicted octanol–water partition coefficient (Wildman–Crippen LogP) is 15.1. The molecule has 6 aromatic carbocycles. The summed E-state index contributed by atoms with van der Waals surface area (Å²) >= 11 is 0. The van der Waals surface area contributed by atoms with E-state index in [1.165, 1.54) is 55.6 Å². The number of hydrogen-bond acceptors (Lipinski definition) is 2. The Bertz CT molecular complexity index is 2060. The van der Waals surface area contributed by atoms with Gasteiger partial charge in [0.1, 0.15) is 11.5 Å². The average Bonchev–Trinajstić information content (AvgIpc) is 3.10. The first-order valence-corrected chi connectivity index (χ1v) is 19.5. The molecule has 270 valence electrons. The fraction of sp³-hybridized carbons (Fsp3) is 0.360. The Kier molecular flexibility index (Phi) is 10.3. The Morgan fingerprint density at radius 3 is 0.904 bits per heavy atom. The van der Waals surface area contributed by atoms with Crippen LogP contribution in [0.5, 0.6) is 11.5 Å². The predicted molar refractivity (Wildman–Crippen MR) is 226 cm³/mol. The Morgan fingerprint density at radius 1 is 0.327 bits per heavy atom. The van der Waals surface area contributed by atoms with E-state index in [0.29, 0.717) is 46.6 Å². The molecule has 0 saturated carbocycles. The zero-order valence-electron chi connectivity index (χ0n) is 33.4. The van der Waals surface area contributed by atoms with E-state index in [-0.39, 0.29) is 11.5 Å². The molecule has 0 aliphatic carbocycles. The molecule has 6 rings (SSSR count). The van der Waals surface area contributed by atoms with Crippen LogP contribution in [0.15, 0.2) is 84.9 Å². The van der Waals surface area contributed by atoms with E-state index >= 15 is 0 Å². The summed E-state index contributed by atoms with van der Waals surface area (Å²) in [5.41, 5.74) is 14.6. The molecule has 0 unspecified atom stereocenters. The van der Waals surface area contributed by atoms with Crippen molar-refractivity contribution < 1.29 is 10.2 Å². The van der Waals surface area contributed by atoms with Gasteiger partial charge in [-0.25, -0.2) is 0 Å². The number of hydrogen-bond donors (Lipinski definition) is 2. The fourth-order valence-electron chi connectivity index (χ4n) is 8.05. The number of benzene rings is 6. The van der Waals surface area contributed by atoms with Crippen LogP contribution in [0.3, 0.4) is 0 Å². The van der Waals surface area contributed by atoms with E-state index in [1.54, 1.807) is 12.1 Å². The van der Waals surface area contributed by atoms with Crippen molar-refractivity contribution >= 4 is 21.5 Å². The highest BCUT2D eigenvalue weighted by molar-refractivity contribution is 6.11. The Hall–Kier alpha value is -4.56. The van der Waals surface area contributed by atoms with Gasteiger partial charge in [-0.05, 0) is 137 Å². The number of phenolic OH excluding ortho intramolecular Hbond substituents is 2. The molecule has 0 amide bonds. The molecule has 0 aliphatic rings. The van der Waals surface area contributed by atoms with E-state index in [4.69, 9.17) is 0 Å². The van der Waals surface area contributed by atoms with Crippen molar-refractivity contribution in [1.29, 1.82) is 0 Å². The number of phenols is 2. The molecule has 0 aromatic heterocycles. The lowest BCUT2D eigenvalue weighted by atomic mass is 9.81. The number of rotatable bonds is 9. The van der Waals surface area contributed by atoms with Crippen LogP contribution < -0.4 is 0 Å². The van der Waals surface area contributed by atoms with Crippen molar-refractivity contribution in [2.45, 2.75) is 119 Å². The SMILES string of the molecule is CC(C)c1cc(C(C)C)c(-c2ccc3c(-c4c(O)ccc5cc(-c6c(C(C)C)cc(C(C)C)cc6C(C)C)ccc45)c(O)ccc3c2)c(C(C)C)c1. The largest absolute Gasteiger partial charge is 0.507 e. The lowest BCUT2D eigenvalue weighted by Crippen LogP contribution is -2.03. The Labute approximate surface area is 312 Å². The van der Waals surface area contributed by atoms with Crippen molar-refractivity contribution in [3.8, 4) is 44.9 Å². The molecular formula is C50H58O2. The average molecular weight is 691 g/mol. The van der Waals surface area contributed by atoms with Gasteiger partial charge >= 0.3 is 0 Å². The van der Waals surface area contributed by atoms with Gasteiger partial charge < -0.3 is 10.2 Å². The van der Waals surface area contributed by atoms with E-state index < -0.39 is 0 Å². The van der Waals surface area contributed by atoms with Gasteiger partial charge in [0.15, 0.2) is 0 Å². The molecule has 0 heterocycles. The molecular weight excluding hydrogens is 633 g/mol. The Morgan fingerprint density at radius 2 is 0.635 bits per heavy atom. The van der Waals surface area contributed by atoms with Gasteiger partial charge in [-0.2, -0.15) is 0 Å². The van der Waals surface area contributed by atoms with Crippen molar-refractivity contribution in [3.05, 3.63) is 118 Å². The summed E-state index contributed by atoms with van der Waals surface area (Å²) in [7, 11) is 0. The third-order valence-electron chi connectivity index (χ3n) is 11.1. The summed E-state index contributed by atoms with van der Waals surface area (Å²) < 4.78 is 0. The topological polar surface area (TPSA) is 40.5 Å². The minimum Gasteiger partial charge on any atom is -0.507 e. The van der Waals surface area contributed by atoms with Crippen LogP contribution in [-0.4, -0.2) is 10.2 Å². The summed E-state index contributed by atoms with van der Waals surface area (Å²) in [6, 6.07) is 30.4. The highest BCUT2D eigenvalue weighted by Gasteiger charge is 2.23. The van der Waals surface area contributed by atoms with Gasteiger partial charge in [0.05, 0.1) is 0 Å². The van der Waals surface area contributed by atoms with Crippen LogP contribution in [0.1, 0.15) is 152 Å².